The Kier molecular flexibility index (Phi) is 2.61. The normalized spacial score (nSPS) is 9.92. The van der Waals surface area contributed by atoms with Gasteiger partial charge in [-0.15, -0.1) is 0 Å². The highest BCUT2D eigenvalue weighted by Crippen LogP contribution is 2.23. The fraction of sp³-hybridized carbons (Fsp3) is 0.143. The van der Waals surface area contributed by atoms with Gasteiger partial charge in [-0.05, 0) is 35.6 Å². The maximum Gasteiger partial charge on any atom is 0.305 e. The van der Waals surface area contributed by atoms with Gasteiger partial charge in [0.2, 0.25) is 5.82 Å². The fourth-order valence-corrected chi connectivity index (χ4v) is 1.20. The Bertz CT molecular complexity index is 340. The highest BCUT2D eigenvalue weighted by atomic mass is 127. The molecule has 3 nitrogen and oxygen atoms in total. The van der Waals surface area contributed by atoms with Crippen molar-refractivity contribution >= 4 is 28.3 Å². The zero-order valence-corrected chi connectivity index (χ0v) is 8.33. The molecule has 64 valence electrons. The summed E-state index contributed by atoms with van der Waals surface area (Å²) in [5.74, 6) is -0.744. The van der Waals surface area contributed by atoms with Crippen LogP contribution in [0.4, 0.5) is 10.1 Å². The molecule has 0 saturated heterocycles. The molecule has 0 spiro atoms. The van der Waals surface area contributed by atoms with E-state index < -0.39 is 16.4 Å². The van der Waals surface area contributed by atoms with Gasteiger partial charge in [-0.3, -0.25) is 10.1 Å². The third-order valence-electron chi connectivity index (χ3n) is 1.50. The summed E-state index contributed by atoms with van der Waals surface area (Å²) in [5.41, 5.74) is -0.141. The van der Waals surface area contributed by atoms with Gasteiger partial charge in [0.05, 0.1) is 4.92 Å². The molecule has 0 aliphatic rings. The Morgan fingerprint density at radius 2 is 2.17 bits per heavy atom. The van der Waals surface area contributed by atoms with Crippen LogP contribution < -0.4 is 0 Å². The standard InChI is InChI=1S/C7H5FINO2/c1-4-5(9)2-3-6(7(4)8)10(11)12/h2-3H,1H3. The molecule has 12 heavy (non-hydrogen) atoms. The van der Waals surface area contributed by atoms with Crippen LogP contribution >= 0.6 is 22.6 Å². The van der Waals surface area contributed by atoms with E-state index in [9.17, 15) is 14.5 Å². The zero-order chi connectivity index (χ0) is 9.30. The van der Waals surface area contributed by atoms with Gasteiger partial charge in [0.25, 0.3) is 0 Å². The predicted molar refractivity (Wildman–Crippen MR) is 50.5 cm³/mol. The Hall–Kier alpha value is -0.720. The molecule has 5 heteroatoms. The summed E-state index contributed by atoms with van der Waals surface area (Å²) in [7, 11) is 0. The SMILES string of the molecule is Cc1c(I)ccc([N+](=O)[O-])c1F. The van der Waals surface area contributed by atoms with Gasteiger partial charge in [0.15, 0.2) is 0 Å². The van der Waals surface area contributed by atoms with Gasteiger partial charge < -0.3 is 0 Å². The van der Waals surface area contributed by atoms with E-state index in [1.54, 1.807) is 0 Å². The van der Waals surface area contributed by atoms with E-state index in [0.717, 1.165) is 0 Å². The molecule has 0 aromatic heterocycles. The molecule has 1 rings (SSSR count). The lowest BCUT2D eigenvalue weighted by Gasteiger charge is -1.99. The van der Waals surface area contributed by atoms with Crippen molar-refractivity contribution in [2.24, 2.45) is 0 Å². The molecule has 0 radical (unpaired) electrons. The summed E-state index contributed by atoms with van der Waals surface area (Å²) in [6.07, 6.45) is 0. The smallest absolute Gasteiger partial charge is 0.258 e. The summed E-state index contributed by atoms with van der Waals surface area (Å²) >= 11 is 1.93. The van der Waals surface area contributed by atoms with Crippen molar-refractivity contribution < 1.29 is 9.31 Å². The van der Waals surface area contributed by atoms with Crippen LogP contribution in [-0.4, -0.2) is 4.92 Å². The molecule has 0 saturated carbocycles. The average molecular weight is 281 g/mol. The van der Waals surface area contributed by atoms with E-state index in [-0.39, 0.29) is 0 Å². The van der Waals surface area contributed by atoms with Gasteiger partial charge in [-0.1, -0.05) is 0 Å². The van der Waals surface area contributed by atoms with Crippen molar-refractivity contribution in [3.05, 3.63) is 37.2 Å². The third-order valence-corrected chi connectivity index (χ3v) is 2.67. The highest BCUT2D eigenvalue weighted by Gasteiger charge is 2.16. The Balaban J connectivity index is 3.36. The molecule has 0 N–H and O–H groups in total. The van der Waals surface area contributed by atoms with Crippen LogP contribution in [0, 0.1) is 26.4 Å². The quantitative estimate of drug-likeness (QED) is 0.451. The van der Waals surface area contributed by atoms with Crippen molar-refractivity contribution in [3.63, 3.8) is 0 Å². The number of nitro benzene ring substituents is 1. The molecule has 0 fully saturated rings. The van der Waals surface area contributed by atoms with Crippen LogP contribution in [0.2, 0.25) is 0 Å². The van der Waals surface area contributed by atoms with Crippen molar-refractivity contribution in [2.75, 3.05) is 0 Å². The number of hydrogen-bond donors (Lipinski definition) is 0. The molecule has 1 aromatic carbocycles. The van der Waals surface area contributed by atoms with E-state index in [4.69, 9.17) is 0 Å². The van der Waals surface area contributed by atoms with Crippen LogP contribution in [0.25, 0.3) is 0 Å². The third kappa shape index (κ3) is 1.55. The Labute approximate surface area is 81.9 Å². The molecular weight excluding hydrogens is 276 g/mol. The number of benzene rings is 1. The van der Waals surface area contributed by atoms with Gasteiger partial charge in [-0.25, -0.2) is 0 Å². The van der Waals surface area contributed by atoms with Crippen LogP contribution in [-0.2, 0) is 0 Å². The summed E-state index contributed by atoms with van der Waals surface area (Å²) in [6, 6.07) is 2.70. The minimum Gasteiger partial charge on any atom is -0.258 e. The van der Waals surface area contributed by atoms with Crippen LogP contribution in [0.3, 0.4) is 0 Å². The Morgan fingerprint density at radius 3 is 2.67 bits per heavy atom. The van der Waals surface area contributed by atoms with E-state index in [1.165, 1.54) is 19.1 Å². The van der Waals surface area contributed by atoms with Crippen molar-refractivity contribution in [1.29, 1.82) is 0 Å². The van der Waals surface area contributed by atoms with Crippen LogP contribution in [0.1, 0.15) is 5.56 Å². The largest absolute Gasteiger partial charge is 0.305 e. The second-order valence-electron chi connectivity index (χ2n) is 2.26. The molecule has 0 atom stereocenters. The van der Waals surface area contributed by atoms with Crippen molar-refractivity contribution in [2.45, 2.75) is 6.92 Å². The molecule has 0 bridgehead atoms. The maximum absolute atomic E-state index is 13.1. The first kappa shape index (κ1) is 9.37. The lowest BCUT2D eigenvalue weighted by Crippen LogP contribution is -1.96. The lowest BCUT2D eigenvalue weighted by atomic mass is 10.2. The van der Waals surface area contributed by atoms with Crippen LogP contribution in [0.15, 0.2) is 12.1 Å². The summed E-state index contributed by atoms with van der Waals surface area (Å²) in [6.45, 7) is 1.52. The zero-order valence-electron chi connectivity index (χ0n) is 6.17. The lowest BCUT2D eigenvalue weighted by molar-refractivity contribution is -0.387. The Morgan fingerprint density at radius 1 is 1.58 bits per heavy atom. The second kappa shape index (κ2) is 3.34. The molecule has 0 heterocycles. The predicted octanol–water partition coefficient (Wildman–Crippen LogP) is 2.65. The van der Waals surface area contributed by atoms with Crippen LogP contribution in [0.5, 0.6) is 0 Å². The minimum atomic E-state index is -0.744. The van der Waals surface area contributed by atoms with Crippen molar-refractivity contribution in [1.82, 2.24) is 0 Å². The fourth-order valence-electron chi connectivity index (χ4n) is 0.788. The molecule has 1 aromatic rings. The first-order valence-corrected chi connectivity index (χ1v) is 4.21. The number of rotatable bonds is 1. The summed E-state index contributed by atoms with van der Waals surface area (Å²) in [4.78, 5) is 9.52. The number of hydrogen-bond acceptors (Lipinski definition) is 2. The van der Waals surface area contributed by atoms with E-state index >= 15 is 0 Å². The number of halogens is 2. The number of nitrogens with zero attached hydrogens (tertiary/aromatic N) is 1. The van der Waals surface area contributed by atoms with Gasteiger partial charge in [0.1, 0.15) is 0 Å². The first-order chi connectivity index (χ1) is 5.54. The molecule has 0 unspecified atom stereocenters. The van der Waals surface area contributed by atoms with Gasteiger partial charge in [-0.2, -0.15) is 4.39 Å². The van der Waals surface area contributed by atoms with Gasteiger partial charge >= 0.3 is 5.69 Å². The van der Waals surface area contributed by atoms with Gasteiger partial charge in [0, 0.05) is 15.2 Å². The molecule has 0 aliphatic carbocycles. The number of nitro groups is 1. The topological polar surface area (TPSA) is 43.1 Å². The second-order valence-corrected chi connectivity index (χ2v) is 3.42. The average Bonchev–Trinajstić information content (AvgIpc) is 2.00. The minimum absolute atomic E-state index is 0.324. The van der Waals surface area contributed by atoms with Crippen molar-refractivity contribution in [3.8, 4) is 0 Å². The molecule has 0 aliphatic heterocycles. The maximum atomic E-state index is 13.1. The van der Waals surface area contributed by atoms with E-state index in [2.05, 4.69) is 0 Å². The molecule has 0 amide bonds. The summed E-state index contributed by atoms with van der Waals surface area (Å²) in [5, 5.41) is 10.2. The van der Waals surface area contributed by atoms with E-state index in [1.807, 2.05) is 22.6 Å². The first-order valence-electron chi connectivity index (χ1n) is 3.13. The highest BCUT2D eigenvalue weighted by molar-refractivity contribution is 14.1. The molecular formula is C7H5FINO2. The van der Waals surface area contributed by atoms with E-state index in [0.29, 0.717) is 9.13 Å². The monoisotopic (exact) mass is 281 g/mol. The summed E-state index contributed by atoms with van der Waals surface area (Å²) < 4.78 is 13.8.